The molecule has 1 aromatic heterocycles. The number of amides is 1. The van der Waals surface area contributed by atoms with Crippen molar-refractivity contribution in [3.8, 4) is 0 Å². The summed E-state index contributed by atoms with van der Waals surface area (Å²) < 4.78 is 34.4. The van der Waals surface area contributed by atoms with Crippen LogP contribution in [0, 0.1) is 11.8 Å². The van der Waals surface area contributed by atoms with Gasteiger partial charge >= 0.3 is 5.76 Å². The van der Waals surface area contributed by atoms with Crippen LogP contribution in [0.5, 0.6) is 0 Å². The Balaban J connectivity index is 1.39. The highest BCUT2D eigenvalue weighted by molar-refractivity contribution is 7.89. The molecule has 0 unspecified atom stereocenters. The van der Waals surface area contributed by atoms with Gasteiger partial charge in [-0.2, -0.15) is 4.31 Å². The molecule has 31 heavy (non-hydrogen) atoms. The number of benzene rings is 1. The lowest BCUT2D eigenvalue weighted by atomic mass is 9.93. The van der Waals surface area contributed by atoms with Crippen LogP contribution in [0.3, 0.4) is 0 Å². The number of nitrogens with zero attached hydrogens (tertiary/aromatic N) is 3. The van der Waals surface area contributed by atoms with E-state index in [1.165, 1.54) is 21.0 Å². The van der Waals surface area contributed by atoms with Crippen LogP contribution < -0.4 is 5.76 Å². The van der Waals surface area contributed by atoms with Crippen LogP contribution in [-0.2, 0) is 21.4 Å². The van der Waals surface area contributed by atoms with E-state index in [-0.39, 0.29) is 22.3 Å². The van der Waals surface area contributed by atoms with Gasteiger partial charge in [-0.25, -0.2) is 13.2 Å². The molecule has 2 aromatic rings. The quantitative estimate of drug-likeness (QED) is 0.700. The fraction of sp³-hybridized carbons (Fsp3) is 0.636. The molecule has 1 amide bonds. The minimum atomic E-state index is -3.68. The molecule has 0 spiro atoms. The van der Waals surface area contributed by atoms with Gasteiger partial charge in [-0.15, -0.1) is 0 Å². The van der Waals surface area contributed by atoms with Crippen molar-refractivity contribution in [1.82, 2.24) is 13.8 Å². The molecule has 170 valence electrons. The molecular formula is C22H31N3O5S. The SMILES string of the molecule is CCn1c(=O)oc2cc(S(=O)(=O)N3CCC(CC(=O)N4CCC(C)CC4)CC3)ccc21. The number of fused-ring (bicyclic) bond motifs is 1. The first-order chi connectivity index (χ1) is 14.8. The molecule has 9 heteroatoms. The Hall–Kier alpha value is -2.13. The summed E-state index contributed by atoms with van der Waals surface area (Å²) in [7, 11) is -3.68. The van der Waals surface area contributed by atoms with Crippen molar-refractivity contribution in [1.29, 1.82) is 0 Å². The number of carbonyl (C=O) groups is 1. The predicted octanol–water partition coefficient (Wildman–Crippen LogP) is 2.66. The minimum absolute atomic E-state index is 0.133. The van der Waals surface area contributed by atoms with Gasteiger partial charge in [0.1, 0.15) is 0 Å². The Morgan fingerprint density at radius 2 is 1.77 bits per heavy atom. The van der Waals surface area contributed by atoms with Crippen LogP contribution in [0.1, 0.15) is 46.0 Å². The molecule has 8 nitrogen and oxygen atoms in total. The van der Waals surface area contributed by atoms with Crippen LogP contribution in [0.4, 0.5) is 0 Å². The van der Waals surface area contributed by atoms with E-state index in [2.05, 4.69) is 6.92 Å². The van der Waals surface area contributed by atoms with Gasteiger partial charge in [-0.3, -0.25) is 9.36 Å². The summed E-state index contributed by atoms with van der Waals surface area (Å²) in [5.41, 5.74) is 0.875. The zero-order valence-corrected chi connectivity index (χ0v) is 19.1. The lowest BCUT2D eigenvalue weighted by Gasteiger charge is -2.34. The molecule has 1 aromatic carbocycles. The zero-order chi connectivity index (χ0) is 22.2. The zero-order valence-electron chi connectivity index (χ0n) is 18.2. The Morgan fingerprint density at radius 3 is 2.42 bits per heavy atom. The van der Waals surface area contributed by atoms with E-state index in [1.807, 2.05) is 11.8 Å². The number of likely N-dealkylation sites (tertiary alicyclic amines) is 1. The molecule has 0 saturated carbocycles. The molecular weight excluding hydrogens is 418 g/mol. The first-order valence-corrected chi connectivity index (χ1v) is 12.6. The van der Waals surface area contributed by atoms with E-state index in [9.17, 15) is 18.0 Å². The highest BCUT2D eigenvalue weighted by atomic mass is 32.2. The second-order valence-electron chi connectivity index (χ2n) is 8.86. The van der Waals surface area contributed by atoms with Crippen molar-refractivity contribution in [3.05, 3.63) is 28.7 Å². The summed E-state index contributed by atoms with van der Waals surface area (Å²) in [4.78, 5) is 26.6. The number of aryl methyl sites for hydroxylation is 1. The summed E-state index contributed by atoms with van der Waals surface area (Å²) in [6.07, 6.45) is 3.99. The second kappa shape index (κ2) is 8.78. The topological polar surface area (TPSA) is 92.8 Å². The second-order valence-corrected chi connectivity index (χ2v) is 10.8. The van der Waals surface area contributed by atoms with Gasteiger partial charge in [-0.05, 0) is 56.6 Å². The van der Waals surface area contributed by atoms with Crippen molar-refractivity contribution < 1.29 is 17.6 Å². The molecule has 3 heterocycles. The summed E-state index contributed by atoms with van der Waals surface area (Å²) in [6.45, 7) is 6.99. The summed E-state index contributed by atoms with van der Waals surface area (Å²) in [5.74, 6) is 0.623. The fourth-order valence-electron chi connectivity index (χ4n) is 4.64. The van der Waals surface area contributed by atoms with E-state index in [4.69, 9.17) is 4.42 Å². The highest BCUT2D eigenvalue weighted by Gasteiger charge is 2.32. The average Bonchev–Trinajstić information content (AvgIpc) is 3.08. The maximum absolute atomic E-state index is 13.1. The summed E-state index contributed by atoms with van der Waals surface area (Å²) in [6, 6.07) is 4.60. The standard InChI is InChI=1S/C22H31N3O5S/c1-3-25-19-5-4-18(15-20(19)30-22(25)27)31(28,29)24-12-8-17(9-13-24)14-21(26)23-10-6-16(2)7-11-23/h4-5,15-17H,3,6-14H2,1-2H3. The van der Waals surface area contributed by atoms with Gasteiger partial charge in [0.2, 0.25) is 15.9 Å². The fourth-order valence-corrected chi connectivity index (χ4v) is 6.13. The molecule has 0 radical (unpaired) electrons. The molecule has 0 N–H and O–H groups in total. The Kier molecular flexibility index (Phi) is 6.25. The van der Waals surface area contributed by atoms with Gasteiger partial charge in [0, 0.05) is 45.2 Å². The van der Waals surface area contributed by atoms with Gasteiger partial charge in [0.25, 0.3) is 0 Å². The Morgan fingerprint density at radius 1 is 1.10 bits per heavy atom. The van der Waals surface area contributed by atoms with Gasteiger partial charge < -0.3 is 9.32 Å². The normalized spacial score (nSPS) is 19.9. The smallest absolute Gasteiger partial charge is 0.408 e. The molecule has 2 saturated heterocycles. The van der Waals surface area contributed by atoms with Crippen molar-refractivity contribution in [2.45, 2.75) is 57.4 Å². The number of hydrogen-bond donors (Lipinski definition) is 0. The van der Waals surface area contributed by atoms with Gasteiger partial charge in [0.15, 0.2) is 5.58 Å². The summed E-state index contributed by atoms with van der Waals surface area (Å²) >= 11 is 0. The van der Waals surface area contributed by atoms with Crippen molar-refractivity contribution >= 4 is 27.0 Å². The number of aromatic nitrogens is 1. The van der Waals surface area contributed by atoms with E-state index in [1.54, 1.807) is 6.07 Å². The summed E-state index contributed by atoms with van der Waals surface area (Å²) in [5, 5.41) is 0. The maximum atomic E-state index is 13.1. The van der Waals surface area contributed by atoms with Crippen LogP contribution in [0.25, 0.3) is 11.1 Å². The first kappa shape index (κ1) is 22.1. The average molecular weight is 450 g/mol. The Bertz CT molecular complexity index is 1100. The van der Waals surface area contributed by atoms with Gasteiger partial charge in [0.05, 0.1) is 10.4 Å². The number of piperidine rings is 2. The first-order valence-electron chi connectivity index (χ1n) is 11.2. The predicted molar refractivity (Wildman–Crippen MR) is 117 cm³/mol. The highest BCUT2D eigenvalue weighted by Crippen LogP contribution is 2.28. The third-order valence-corrected chi connectivity index (χ3v) is 8.66. The van der Waals surface area contributed by atoms with E-state index in [0.717, 1.165) is 25.9 Å². The monoisotopic (exact) mass is 449 g/mol. The number of rotatable bonds is 5. The molecule has 2 fully saturated rings. The van der Waals surface area contributed by atoms with Crippen LogP contribution in [0.2, 0.25) is 0 Å². The molecule has 0 atom stereocenters. The molecule has 2 aliphatic rings. The van der Waals surface area contributed by atoms with Crippen molar-refractivity contribution in [2.24, 2.45) is 11.8 Å². The molecule has 0 bridgehead atoms. The molecule has 0 aliphatic carbocycles. The number of oxazole rings is 1. The van der Waals surface area contributed by atoms with Crippen LogP contribution >= 0.6 is 0 Å². The van der Waals surface area contributed by atoms with Crippen molar-refractivity contribution in [2.75, 3.05) is 26.2 Å². The van der Waals surface area contributed by atoms with Crippen LogP contribution in [0.15, 0.2) is 32.3 Å². The lowest BCUT2D eigenvalue weighted by molar-refractivity contribution is -0.133. The van der Waals surface area contributed by atoms with E-state index >= 15 is 0 Å². The number of sulfonamides is 1. The molecule has 2 aliphatic heterocycles. The number of carbonyl (C=O) groups excluding carboxylic acids is 1. The van der Waals surface area contributed by atoms with Crippen molar-refractivity contribution in [3.63, 3.8) is 0 Å². The van der Waals surface area contributed by atoms with E-state index < -0.39 is 15.8 Å². The third kappa shape index (κ3) is 4.43. The van der Waals surface area contributed by atoms with Crippen LogP contribution in [-0.4, -0.2) is 54.3 Å². The van der Waals surface area contributed by atoms with E-state index in [0.29, 0.717) is 50.3 Å². The van der Waals surface area contributed by atoms with Gasteiger partial charge in [-0.1, -0.05) is 6.92 Å². The lowest BCUT2D eigenvalue weighted by Crippen LogP contribution is -2.42. The molecule has 4 rings (SSSR count). The number of hydrogen-bond acceptors (Lipinski definition) is 5. The largest absolute Gasteiger partial charge is 0.419 e. The minimum Gasteiger partial charge on any atom is -0.408 e. The Labute approximate surface area is 182 Å². The maximum Gasteiger partial charge on any atom is 0.419 e. The third-order valence-electron chi connectivity index (χ3n) is 6.77.